The van der Waals surface area contributed by atoms with Crippen LogP contribution >= 0.6 is 15.9 Å². The molecule has 5 nitrogen and oxygen atoms in total. The molecule has 1 aromatic heterocycles. The lowest BCUT2D eigenvalue weighted by atomic mass is 10.1. The summed E-state index contributed by atoms with van der Waals surface area (Å²) in [6, 6.07) is 3.56. The van der Waals surface area contributed by atoms with Crippen LogP contribution < -0.4 is 9.47 Å². The third kappa shape index (κ3) is 2.11. The summed E-state index contributed by atoms with van der Waals surface area (Å²) >= 11 is 3.38. The molecule has 1 N–H and O–H groups in total. The minimum Gasteiger partial charge on any atom is -0.496 e. The molecule has 0 bridgehead atoms. The van der Waals surface area contributed by atoms with Gasteiger partial charge in [-0.1, -0.05) is 0 Å². The van der Waals surface area contributed by atoms with E-state index >= 15 is 0 Å². The van der Waals surface area contributed by atoms with Gasteiger partial charge in [0.1, 0.15) is 11.5 Å². The molecule has 0 aliphatic heterocycles. The van der Waals surface area contributed by atoms with Crippen molar-refractivity contribution in [2.75, 3.05) is 14.2 Å². The Morgan fingerprint density at radius 2 is 2.00 bits per heavy atom. The van der Waals surface area contributed by atoms with Gasteiger partial charge in [0.2, 0.25) is 0 Å². The van der Waals surface area contributed by atoms with Crippen LogP contribution in [0.3, 0.4) is 0 Å². The van der Waals surface area contributed by atoms with Crippen molar-refractivity contribution in [2.24, 2.45) is 0 Å². The van der Waals surface area contributed by atoms with Gasteiger partial charge in [-0.3, -0.25) is 9.89 Å². The molecule has 6 heteroatoms. The van der Waals surface area contributed by atoms with E-state index in [1.54, 1.807) is 26.4 Å². The number of benzene rings is 1. The quantitative estimate of drug-likeness (QED) is 0.882. The third-order valence-corrected chi connectivity index (χ3v) is 3.16. The van der Waals surface area contributed by atoms with E-state index in [9.17, 15) is 4.79 Å². The Balaban J connectivity index is 2.65. The third-order valence-electron chi connectivity index (χ3n) is 2.54. The summed E-state index contributed by atoms with van der Waals surface area (Å²) in [6.45, 7) is 0. The van der Waals surface area contributed by atoms with Crippen molar-refractivity contribution in [3.05, 3.63) is 28.4 Å². The summed E-state index contributed by atoms with van der Waals surface area (Å²) in [4.78, 5) is 10.9. The van der Waals surface area contributed by atoms with Crippen molar-refractivity contribution in [3.8, 4) is 22.8 Å². The summed E-state index contributed by atoms with van der Waals surface area (Å²) in [7, 11) is 3.14. The Kier molecular flexibility index (Phi) is 3.66. The summed E-state index contributed by atoms with van der Waals surface area (Å²) in [6.07, 6.45) is 2.21. The van der Waals surface area contributed by atoms with E-state index in [2.05, 4.69) is 26.1 Å². The first-order chi connectivity index (χ1) is 8.71. The van der Waals surface area contributed by atoms with Crippen LogP contribution in [0.4, 0.5) is 0 Å². The number of hydrogen-bond donors (Lipinski definition) is 1. The molecule has 0 fully saturated rings. The SMILES string of the molecule is COc1cc(-c2[nH]ncc2C=O)c(OC)cc1Br. The van der Waals surface area contributed by atoms with Crippen LogP contribution in [0.5, 0.6) is 11.5 Å². The molecule has 2 aromatic rings. The zero-order valence-corrected chi connectivity index (χ0v) is 11.4. The van der Waals surface area contributed by atoms with Crippen LogP contribution in [-0.2, 0) is 0 Å². The Morgan fingerprint density at radius 1 is 1.28 bits per heavy atom. The van der Waals surface area contributed by atoms with E-state index in [1.807, 2.05) is 0 Å². The molecule has 94 valence electrons. The number of carbonyl (C=O) groups is 1. The van der Waals surface area contributed by atoms with Crippen molar-refractivity contribution in [1.29, 1.82) is 0 Å². The highest BCUT2D eigenvalue weighted by atomic mass is 79.9. The van der Waals surface area contributed by atoms with Crippen LogP contribution in [0.1, 0.15) is 10.4 Å². The standard InChI is InChI=1S/C12H11BrN2O3/c1-17-10-4-9(13)11(18-2)3-8(10)12-7(6-16)5-14-15-12/h3-6H,1-2H3,(H,14,15). The number of nitrogens with zero attached hydrogens (tertiary/aromatic N) is 1. The maximum atomic E-state index is 10.9. The molecule has 0 aliphatic carbocycles. The van der Waals surface area contributed by atoms with Crippen molar-refractivity contribution in [3.63, 3.8) is 0 Å². The zero-order chi connectivity index (χ0) is 13.1. The first kappa shape index (κ1) is 12.6. The summed E-state index contributed by atoms with van der Waals surface area (Å²) in [5.74, 6) is 1.27. The van der Waals surface area contributed by atoms with E-state index in [0.717, 1.165) is 16.3 Å². The molecule has 18 heavy (non-hydrogen) atoms. The van der Waals surface area contributed by atoms with Gasteiger partial charge in [0.05, 0.1) is 36.1 Å². The topological polar surface area (TPSA) is 64.2 Å². The average Bonchev–Trinajstić information content (AvgIpc) is 2.86. The number of aromatic amines is 1. The van der Waals surface area contributed by atoms with Crippen molar-refractivity contribution >= 4 is 22.2 Å². The minimum absolute atomic E-state index is 0.470. The van der Waals surface area contributed by atoms with Crippen LogP contribution in [0.2, 0.25) is 0 Å². The molecular weight excluding hydrogens is 300 g/mol. The molecule has 1 heterocycles. The lowest BCUT2D eigenvalue weighted by molar-refractivity contribution is 0.112. The Hall–Kier alpha value is -1.82. The number of aromatic nitrogens is 2. The minimum atomic E-state index is 0.470. The van der Waals surface area contributed by atoms with Crippen molar-refractivity contribution in [2.45, 2.75) is 0 Å². The Bertz CT molecular complexity index is 581. The van der Waals surface area contributed by atoms with Crippen LogP contribution in [0, 0.1) is 0 Å². The van der Waals surface area contributed by atoms with Crippen molar-refractivity contribution in [1.82, 2.24) is 10.2 Å². The molecule has 0 radical (unpaired) electrons. The number of methoxy groups -OCH3 is 2. The molecule has 0 atom stereocenters. The summed E-state index contributed by atoms with van der Waals surface area (Å²) < 4.78 is 11.3. The molecule has 0 amide bonds. The number of hydrogen-bond acceptors (Lipinski definition) is 4. The van der Waals surface area contributed by atoms with Gasteiger partial charge in [0, 0.05) is 5.56 Å². The van der Waals surface area contributed by atoms with Gasteiger partial charge < -0.3 is 9.47 Å². The van der Waals surface area contributed by atoms with E-state index in [1.165, 1.54) is 6.20 Å². The fraction of sp³-hybridized carbons (Fsp3) is 0.167. The van der Waals surface area contributed by atoms with Gasteiger partial charge in [-0.2, -0.15) is 5.10 Å². The highest BCUT2D eigenvalue weighted by Gasteiger charge is 2.15. The normalized spacial score (nSPS) is 10.2. The molecule has 0 saturated heterocycles. The maximum absolute atomic E-state index is 10.9. The number of rotatable bonds is 4. The zero-order valence-electron chi connectivity index (χ0n) is 9.86. The van der Waals surface area contributed by atoms with E-state index < -0.39 is 0 Å². The Morgan fingerprint density at radius 3 is 2.61 bits per heavy atom. The van der Waals surface area contributed by atoms with Crippen LogP contribution in [0.25, 0.3) is 11.3 Å². The first-order valence-electron chi connectivity index (χ1n) is 5.11. The highest BCUT2D eigenvalue weighted by molar-refractivity contribution is 9.10. The maximum Gasteiger partial charge on any atom is 0.153 e. The molecule has 2 rings (SSSR count). The lowest BCUT2D eigenvalue weighted by Gasteiger charge is -2.11. The number of aldehydes is 1. The fourth-order valence-electron chi connectivity index (χ4n) is 1.66. The van der Waals surface area contributed by atoms with Gasteiger partial charge in [0.25, 0.3) is 0 Å². The molecule has 0 saturated carbocycles. The lowest BCUT2D eigenvalue weighted by Crippen LogP contribution is -1.93. The molecule has 1 aromatic carbocycles. The number of nitrogens with one attached hydrogen (secondary N) is 1. The predicted molar refractivity (Wildman–Crippen MR) is 70.2 cm³/mol. The largest absolute Gasteiger partial charge is 0.496 e. The van der Waals surface area contributed by atoms with E-state index in [-0.39, 0.29) is 0 Å². The predicted octanol–water partition coefficient (Wildman–Crippen LogP) is 2.67. The molecular formula is C12H11BrN2O3. The van der Waals surface area contributed by atoms with E-state index in [4.69, 9.17) is 9.47 Å². The number of H-pyrrole nitrogens is 1. The second-order valence-electron chi connectivity index (χ2n) is 3.51. The van der Waals surface area contributed by atoms with Gasteiger partial charge >= 0.3 is 0 Å². The number of carbonyl (C=O) groups excluding carboxylic acids is 1. The first-order valence-corrected chi connectivity index (χ1v) is 5.91. The molecule has 0 unspecified atom stereocenters. The second-order valence-corrected chi connectivity index (χ2v) is 4.36. The van der Waals surface area contributed by atoms with Gasteiger partial charge in [-0.15, -0.1) is 0 Å². The van der Waals surface area contributed by atoms with Crippen LogP contribution in [-0.4, -0.2) is 30.7 Å². The Labute approximate surface area is 112 Å². The van der Waals surface area contributed by atoms with Crippen LogP contribution in [0.15, 0.2) is 22.8 Å². The second kappa shape index (κ2) is 5.22. The summed E-state index contributed by atoms with van der Waals surface area (Å²) in [5, 5.41) is 6.64. The van der Waals surface area contributed by atoms with Crippen molar-refractivity contribution < 1.29 is 14.3 Å². The van der Waals surface area contributed by atoms with Gasteiger partial charge in [-0.25, -0.2) is 0 Å². The number of halogens is 1. The average molecular weight is 311 g/mol. The fourth-order valence-corrected chi connectivity index (χ4v) is 2.14. The molecule has 0 aliphatic rings. The summed E-state index contributed by atoms with van der Waals surface area (Å²) in [5.41, 5.74) is 1.79. The van der Waals surface area contributed by atoms with E-state index in [0.29, 0.717) is 22.8 Å². The number of ether oxygens (including phenoxy) is 2. The highest BCUT2D eigenvalue weighted by Crippen LogP contribution is 2.38. The monoisotopic (exact) mass is 310 g/mol. The van der Waals surface area contributed by atoms with Gasteiger partial charge in [0.15, 0.2) is 6.29 Å². The smallest absolute Gasteiger partial charge is 0.153 e. The molecule has 0 spiro atoms. The van der Waals surface area contributed by atoms with Gasteiger partial charge in [-0.05, 0) is 28.1 Å².